The molecule has 2 aromatic heterocycles. The van der Waals surface area contributed by atoms with Crippen molar-refractivity contribution in [3.63, 3.8) is 0 Å². The van der Waals surface area contributed by atoms with E-state index in [1.165, 1.54) is 35.6 Å². The van der Waals surface area contributed by atoms with E-state index in [1.807, 2.05) is 43.7 Å². The molecule has 0 N–H and O–H groups in total. The van der Waals surface area contributed by atoms with Crippen molar-refractivity contribution >= 4 is 49.9 Å². The minimum absolute atomic E-state index is 0.0685. The molecule has 0 aliphatic rings. The van der Waals surface area contributed by atoms with E-state index in [0.29, 0.717) is 28.8 Å². The summed E-state index contributed by atoms with van der Waals surface area (Å²) in [6.45, 7) is 6.63. The van der Waals surface area contributed by atoms with Crippen LogP contribution in [0.3, 0.4) is 0 Å². The molecule has 0 aliphatic heterocycles. The van der Waals surface area contributed by atoms with E-state index in [2.05, 4.69) is 5.10 Å². The maximum atomic E-state index is 13.4. The normalized spacial score (nSPS) is 11.1. The van der Waals surface area contributed by atoms with Gasteiger partial charge in [0.05, 0.1) is 27.4 Å². The molecule has 4 rings (SSSR count). The van der Waals surface area contributed by atoms with E-state index in [1.54, 1.807) is 4.90 Å². The molecular weight excluding hydrogens is 450 g/mol. The van der Waals surface area contributed by atoms with Crippen LogP contribution in [0, 0.1) is 30.9 Å². The lowest BCUT2D eigenvalue weighted by Crippen LogP contribution is -2.34. The lowest BCUT2D eigenvalue weighted by molar-refractivity contribution is -0.384. The Bertz CT molecular complexity index is 1330. The van der Waals surface area contributed by atoms with Crippen molar-refractivity contribution in [3.05, 3.63) is 80.1 Å². The van der Waals surface area contributed by atoms with Crippen molar-refractivity contribution < 1.29 is 9.72 Å². The van der Waals surface area contributed by atoms with Crippen molar-refractivity contribution in [3.8, 4) is 0 Å². The smallest absolute Gasteiger partial charge is 0.269 e. The molecule has 8 nitrogen and oxygen atoms in total. The number of thiazole rings is 1. The minimum atomic E-state index is -0.491. The van der Waals surface area contributed by atoms with E-state index in [0.717, 1.165) is 27.2 Å². The zero-order valence-corrected chi connectivity index (χ0v) is 19.3. The zero-order valence-electron chi connectivity index (χ0n) is 17.7. The second-order valence-electron chi connectivity index (χ2n) is 7.48. The first-order chi connectivity index (χ1) is 15.2. The molecule has 10 heteroatoms. The molecular formula is C22H20ClN5O3S. The summed E-state index contributed by atoms with van der Waals surface area (Å²) in [5.41, 5.74) is 3.90. The van der Waals surface area contributed by atoms with Gasteiger partial charge in [-0.2, -0.15) is 5.10 Å². The highest BCUT2D eigenvalue weighted by molar-refractivity contribution is 7.22. The number of rotatable bonds is 6. The summed E-state index contributed by atoms with van der Waals surface area (Å²) in [6.07, 6.45) is 0. The summed E-state index contributed by atoms with van der Waals surface area (Å²) in [7, 11) is 0. The second kappa shape index (κ2) is 8.68. The number of benzene rings is 2. The van der Waals surface area contributed by atoms with Crippen LogP contribution in [0.15, 0.2) is 42.5 Å². The van der Waals surface area contributed by atoms with Gasteiger partial charge in [0.15, 0.2) is 5.13 Å². The number of carbonyl (C=O) groups excluding carboxylic acids is 1. The summed E-state index contributed by atoms with van der Waals surface area (Å²) in [4.78, 5) is 30.2. The lowest BCUT2D eigenvalue weighted by Gasteiger charge is -2.20. The first kappa shape index (κ1) is 21.9. The third kappa shape index (κ3) is 4.35. The molecule has 2 aromatic carbocycles. The molecule has 0 spiro atoms. The molecule has 0 aliphatic carbocycles. The number of amides is 1. The standard InChI is InChI=1S/C22H20ClN5O3S/c1-13-10-17(23)12-19-20(13)24-22(32-19)26(8-9-27-15(3)11-14(2)25-27)21(29)16-4-6-18(7-5-16)28(30)31/h4-7,10-12H,8-9H2,1-3H3. The van der Waals surface area contributed by atoms with Gasteiger partial charge in [0, 0.05) is 35.0 Å². The van der Waals surface area contributed by atoms with Gasteiger partial charge in [-0.05, 0) is 56.7 Å². The van der Waals surface area contributed by atoms with Crippen molar-refractivity contribution in [2.45, 2.75) is 27.3 Å². The molecule has 0 saturated carbocycles. The average molecular weight is 470 g/mol. The number of hydrogen-bond donors (Lipinski definition) is 0. The van der Waals surface area contributed by atoms with E-state index >= 15 is 0 Å². The SMILES string of the molecule is Cc1cc(C)n(CCN(C(=O)c2ccc([N+](=O)[O-])cc2)c2nc3c(C)cc(Cl)cc3s2)n1. The number of nitro benzene ring substituents is 1. The van der Waals surface area contributed by atoms with Crippen LogP contribution in [0.2, 0.25) is 5.02 Å². The predicted molar refractivity (Wildman–Crippen MR) is 126 cm³/mol. The van der Waals surface area contributed by atoms with E-state index in [-0.39, 0.29) is 11.6 Å². The quantitative estimate of drug-likeness (QED) is 0.281. The first-order valence-electron chi connectivity index (χ1n) is 9.87. The zero-order chi connectivity index (χ0) is 23.0. The molecule has 1 amide bonds. The highest BCUT2D eigenvalue weighted by Gasteiger charge is 2.23. The largest absolute Gasteiger partial charge is 0.282 e. The fourth-order valence-corrected chi connectivity index (χ4v) is 4.96. The second-order valence-corrected chi connectivity index (χ2v) is 8.92. The molecule has 32 heavy (non-hydrogen) atoms. The lowest BCUT2D eigenvalue weighted by atomic mass is 10.2. The highest BCUT2D eigenvalue weighted by atomic mass is 35.5. The fourth-order valence-electron chi connectivity index (χ4n) is 3.52. The van der Waals surface area contributed by atoms with E-state index in [9.17, 15) is 14.9 Å². The van der Waals surface area contributed by atoms with Gasteiger partial charge in [0.25, 0.3) is 11.6 Å². The summed E-state index contributed by atoms with van der Waals surface area (Å²) >= 11 is 7.59. The number of fused-ring (bicyclic) bond motifs is 1. The van der Waals surface area contributed by atoms with Gasteiger partial charge in [0.2, 0.25) is 0 Å². The maximum Gasteiger partial charge on any atom is 0.269 e. The number of aryl methyl sites for hydroxylation is 3. The van der Waals surface area contributed by atoms with Crippen LogP contribution < -0.4 is 4.90 Å². The topological polar surface area (TPSA) is 94.2 Å². The average Bonchev–Trinajstić information content (AvgIpc) is 3.30. The van der Waals surface area contributed by atoms with E-state index < -0.39 is 4.92 Å². The van der Waals surface area contributed by atoms with Crippen molar-refractivity contribution in [2.24, 2.45) is 0 Å². The molecule has 0 radical (unpaired) electrons. The third-order valence-corrected chi connectivity index (χ3v) is 6.32. The maximum absolute atomic E-state index is 13.4. The minimum Gasteiger partial charge on any atom is -0.282 e. The molecule has 0 unspecified atom stereocenters. The van der Waals surface area contributed by atoms with Gasteiger partial charge in [-0.1, -0.05) is 22.9 Å². The third-order valence-electron chi connectivity index (χ3n) is 5.08. The van der Waals surface area contributed by atoms with Gasteiger partial charge < -0.3 is 0 Å². The van der Waals surface area contributed by atoms with Crippen LogP contribution in [0.1, 0.15) is 27.3 Å². The number of nitro groups is 1. The van der Waals surface area contributed by atoms with Crippen LogP contribution in [0.4, 0.5) is 10.8 Å². The van der Waals surface area contributed by atoms with Crippen molar-refractivity contribution in [2.75, 3.05) is 11.4 Å². The fraction of sp³-hybridized carbons (Fsp3) is 0.227. The monoisotopic (exact) mass is 469 g/mol. The van der Waals surface area contributed by atoms with Crippen molar-refractivity contribution in [1.82, 2.24) is 14.8 Å². The van der Waals surface area contributed by atoms with Gasteiger partial charge in [-0.3, -0.25) is 24.5 Å². The Hall–Kier alpha value is -3.30. The number of non-ortho nitro benzene ring substituents is 1. The molecule has 0 fully saturated rings. The summed E-state index contributed by atoms with van der Waals surface area (Å²) in [5, 5.41) is 16.6. The van der Waals surface area contributed by atoms with Gasteiger partial charge >= 0.3 is 0 Å². The van der Waals surface area contributed by atoms with Gasteiger partial charge in [-0.25, -0.2) is 4.98 Å². The first-order valence-corrected chi connectivity index (χ1v) is 11.1. The van der Waals surface area contributed by atoms with Gasteiger partial charge in [0.1, 0.15) is 0 Å². The summed E-state index contributed by atoms with van der Waals surface area (Å²) < 4.78 is 2.73. The van der Waals surface area contributed by atoms with E-state index in [4.69, 9.17) is 16.6 Å². The summed E-state index contributed by atoms with van der Waals surface area (Å²) in [6, 6.07) is 11.2. The van der Waals surface area contributed by atoms with Crippen LogP contribution in [-0.4, -0.2) is 32.1 Å². The van der Waals surface area contributed by atoms with Crippen LogP contribution >= 0.6 is 22.9 Å². The molecule has 164 valence electrons. The number of carbonyl (C=O) groups is 1. The Morgan fingerprint density at radius 1 is 1.19 bits per heavy atom. The van der Waals surface area contributed by atoms with Crippen LogP contribution in [-0.2, 0) is 6.54 Å². The Labute approximate surface area is 193 Å². The van der Waals surface area contributed by atoms with Crippen LogP contribution in [0.25, 0.3) is 10.2 Å². The highest BCUT2D eigenvalue weighted by Crippen LogP contribution is 2.33. The predicted octanol–water partition coefficient (Wildman–Crippen LogP) is 5.33. The molecule has 0 saturated heterocycles. The molecule has 2 heterocycles. The Morgan fingerprint density at radius 2 is 1.91 bits per heavy atom. The Balaban J connectivity index is 1.72. The number of anilines is 1. The number of hydrogen-bond acceptors (Lipinski definition) is 6. The van der Waals surface area contributed by atoms with Gasteiger partial charge in [-0.15, -0.1) is 0 Å². The Morgan fingerprint density at radius 3 is 2.53 bits per heavy atom. The summed E-state index contributed by atoms with van der Waals surface area (Å²) in [5.74, 6) is -0.288. The number of nitrogens with zero attached hydrogens (tertiary/aromatic N) is 5. The van der Waals surface area contributed by atoms with Crippen LogP contribution in [0.5, 0.6) is 0 Å². The Kier molecular flexibility index (Phi) is 5.94. The number of halogens is 1. The molecule has 0 atom stereocenters. The van der Waals surface area contributed by atoms with Crippen molar-refractivity contribution in [1.29, 1.82) is 0 Å². The number of aromatic nitrogens is 3. The molecule has 4 aromatic rings. The molecule has 0 bridgehead atoms.